The maximum Gasteiger partial charge on any atom is 0.494 e. The third kappa shape index (κ3) is 3.10. The molecule has 0 spiro atoms. The van der Waals surface area contributed by atoms with Crippen LogP contribution in [0.15, 0.2) is 48.5 Å². The number of carbonyl (C=O) groups is 1. The number of carbonyl (C=O) groups excluding carboxylic acids is 1. The second kappa shape index (κ2) is 6.08. The average molecular weight is 324 g/mol. The molecule has 0 bridgehead atoms. The monoisotopic (exact) mass is 324 g/mol. The van der Waals surface area contributed by atoms with Crippen LogP contribution < -0.4 is 10.2 Å². The summed E-state index contributed by atoms with van der Waals surface area (Å²) < 4.78 is 18.0. The molecule has 4 nitrogen and oxygen atoms in total. The van der Waals surface area contributed by atoms with E-state index in [0.717, 1.165) is 11.7 Å². The smallest absolute Gasteiger partial charge is 0.457 e. The van der Waals surface area contributed by atoms with Crippen LogP contribution in [0.25, 0.3) is 0 Å². The number of aldehydes is 1. The minimum Gasteiger partial charge on any atom is -0.457 e. The van der Waals surface area contributed by atoms with Gasteiger partial charge in [0, 0.05) is 0 Å². The van der Waals surface area contributed by atoms with E-state index in [1.165, 1.54) is 0 Å². The van der Waals surface area contributed by atoms with Gasteiger partial charge in [0.2, 0.25) is 0 Å². The van der Waals surface area contributed by atoms with Gasteiger partial charge >= 0.3 is 7.12 Å². The van der Waals surface area contributed by atoms with Crippen molar-refractivity contribution < 1.29 is 18.8 Å². The Labute approximate surface area is 142 Å². The molecule has 0 aromatic heterocycles. The Morgan fingerprint density at radius 3 is 2.17 bits per heavy atom. The predicted octanol–water partition coefficient (Wildman–Crippen LogP) is 3.59. The number of rotatable bonds is 4. The summed E-state index contributed by atoms with van der Waals surface area (Å²) in [6.07, 6.45) is 0.784. The van der Waals surface area contributed by atoms with Crippen LogP contribution in [0.5, 0.6) is 11.5 Å². The molecule has 1 saturated heterocycles. The van der Waals surface area contributed by atoms with Crippen LogP contribution in [0, 0.1) is 0 Å². The highest BCUT2D eigenvalue weighted by atomic mass is 16.7. The summed E-state index contributed by atoms with van der Waals surface area (Å²) in [5.74, 6) is 1.16. The molecule has 1 aliphatic heterocycles. The second-order valence-electron chi connectivity index (χ2n) is 6.92. The zero-order valence-corrected chi connectivity index (χ0v) is 14.4. The fourth-order valence-corrected chi connectivity index (χ4v) is 2.48. The van der Waals surface area contributed by atoms with E-state index >= 15 is 0 Å². The van der Waals surface area contributed by atoms with E-state index in [4.69, 9.17) is 14.0 Å². The topological polar surface area (TPSA) is 44.8 Å². The molecular formula is C19H21BO4. The third-order valence-corrected chi connectivity index (χ3v) is 4.66. The summed E-state index contributed by atoms with van der Waals surface area (Å²) in [6.45, 7) is 8.03. The Hall–Kier alpha value is -2.11. The Bertz CT molecular complexity index is 724. The molecule has 0 aliphatic carbocycles. The molecule has 1 fully saturated rings. The van der Waals surface area contributed by atoms with Crippen LogP contribution >= 0.6 is 0 Å². The van der Waals surface area contributed by atoms with Gasteiger partial charge in [0.1, 0.15) is 11.5 Å². The molecule has 0 saturated carbocycles. The predicted molar refractivity (Wildman–Crippen MR) is 94.1 cm³/mol. The van der Waals surface area contributed by atoms with Crippen molar-refractivity contribution in [2.75, 3.05) is 0 Å². The van der Waals surface area contributed by atoms with E-state index in [1.54, 1.807) is 12.1 Å². The highest BCUT2D eigenvalue weighted by Gasteiger charge is 2.51. The van der Waals surface area contributed by atoms with Crippen molar-refractivity contribution in [1.29, 1.82) is 0 Å². The Balaban J connectivity index is 1.91. The number of benzene rings is 2. The van der Waals surface area contributed by atoms with Crippen molar-refractivity contribution in [3.63, 3.8) is 0 Å². The lowest BCUT2D eigenvalue weighted by Crippen LogP contribution is -2.41. The molecule has 1 aliphatic rings. The van der Waals surface area contributed by atoms with Gasteiger partial charge < -0.3 is 14.0 Å². The molecule has 0 atom stereocenters. The van der Waals surface area contributed by atoms with Crippen molar-refractivity contribution in [3.8, 4) is 11.5 Å². The molecule has 0 amide bonds. The Morgan fingerprint density at radius 1 is 0.958 bits per heavy atom. The largest absolute Gasteiger partial charge is 0.494 e. The molecule has 0 N–H and O–H groups in total. The van der Waals surface area contributed by atoms with Gasteiger partial charge in [0.25, 0.3) is 0 Å². The van der Waals surface area contributed by atoms with E-state index in [2.05, 4.69) is 0 Å². The lowest BCUT2D eigenvalue weighted by atomic mass is 9.78. The summed E-state index contributed by atoms with van der Waals surface area (Å²) in [6, 6.07) is 14.7. The number of hydrogen-bond donors (Lipinski definition) is 0. The van der Waals surface area contributed by atoms with Crippen LogP contribution in [-0.2, 0) is 9.31 Å². The molecule has 0 radical (unpaired) electrons. The van der Waals surface area contributed by atoms with E-state index < -0.39 is 18.3 Å². The molecule has 1 heterocycles. The number of para-hydroxylation sites is 1. The van der Waals surface area contributed by atoms with Gasteiger partial charge in [-0.15, -0.1) is 0 Å². The third-order valence-electron chi connectivity index (χ3n) is 4.66. The highest BCUT2D eigenvalue weighted by molar-refractivity contribution is 6.62. The normalized spacial score (nSPS) is 18.4. The molecule has 5 heteroatoms. The molecule has 0 unspecified atom stereocenters. The van der Waals surface area contributed by atoms with E-state index in [0.29, 0.717) is 17.1 Å². The zero-order valence-electron chi connectivity index (χ0n) is 14.4. The first-order chi connectivity index (χ1) is 11.3. The molecule has 3 rings (SSSR count). The van der Waals surface area contributed by atoms with Crippen molar-refractivity contribution in [3.05, 3.63) is 54.1 Å². The molecule has 24 heavy (non-hydrogen) atoms. The van der Waals surface area contributed by atoms with Gasteiger partial charge in [-0.25, -0.2) is 0 Å². The Kier molecular flexibility index (Phi) is 4.24. The lowest BCUT2D eigenvalue weighted by molar-refractivity contribution is 0.00578. The standard InChI is InChI=1S/C19H21BO4/c1-18(2)19(3,4)24-20(23-18)15-11-10-14(13-21)17(12-15)22-16-8-6-5-7-9-16/h5-13H,1-4H3. The van der Waals surface area contributed by atoms with Crippen molar-refractivity contribution in [1.82, 2.24) is 0 Å². The maximum atomic E-state index is 11.3. The SMILES string of the molecule is CC1(C)OB(c2ccc(C=O)c(Oc3ccccc3)c2)OC1(C)C. The fraction of sp³-hybridized carbons (Fsp3) is 0.316. The first kappa shape index (κ1) is 16.7. The molecule has 2 aromatic carbocycles. The summed E-state index contributed by atoms with van der Waals surface area (Å²) >= 11 is 0. The van der Waals surface area contributed by atoms with Gasteiger partial charge in [-0.1, -0.05) is 24.3 Å². The first-order valence-corrected chi connectivity index (χ1v) is 8.00. The molecule has 124 valence electrons. The summed E-state index contributed by atoms with van der Waals surface area (Å²) in [5, 5.41) is 0. The van der Waals surface area contributed by atoms with E-state index in [1.807, 2.05) is 64.1 Å². The summed E-state index contributed by atoms with van der Waals surface area (Å²) in [7, 11) is -0.492. The van der Waals surface area contributed by atoms with Crippen molar-refractivity contribution in [2.24, 2.45) is 0 Å². The van der Waals surface area contributed by atoms with Gasteiger partial charge in [0.15, 0.2) is 6.29 Å². The number of hydrogen-bond acceptors (Lipinski definition) is 4. The summed E-state index contributed by atoms with van der Waals surface area (Å²) in [5.41, 5.74) is 0.479. The van der Waals surface area contributed by atoms with E-state index in [9.17, 15) is 4.79 Å². The molecule has 2 aromatic rings. The van der Waals surface area contributed by atoms with Crippen molar-refractivity contribution >= 4 is 18.9 Å². The highest BCUT2D eigenvalue weighted by Crippen LogP contribution is 2.37. The lowest BCUT2D eigenvalue weighted by Gasteiger charge is -2.32. The van der Waals surface area contributed by atoms with Gasteiger partial charge in [-0.05, 0) is 57.4 Å². The van der Waals surface area contributed by atoms with Crippen LogP contribution in [0.2, 0.25) is 0 Å². The fourth-order valence-electron chi connectivity index (χ4n) is 2.48. The second-order valence-corrected chi connectivity index (χ2v) is 6.92. The van der Waals surface area contributed by atoms with Gasteiger partial charge in [-0.2, -0.15) is 0 Å². The van der Waals surface area contributed by atoms with Crippen LogP contribution in [0.4, 0.5) is 0 Å². The van der Waals surface area contributed by atoms with Crippen LogP contribution in [-0.4, -0.2) is 24.6 Å². The van der Waals surface area contributed by atoms with Gasteiger partial charge in [0.05, 0.1) is 16.8 Å². The minimum absolute atomic E-state index is 0.415. The van der Waals surface area contributed by atoms with Crippen LogP contribution in [0.1, 0.15) is 38.1 Å². The average Bonchev–Trinajstić information content (AvgIpc) is 2.76. The number of ether oxygens (including phenoxy) is 1. The molecular weight excluding hydrogens is 303 g/mol. The van der Waals surface area contributed by atoms with Crippen molar-refractivity contribution in [2.45, 2.75) is 38.9 Å². The summed E-state index contributed by atoms with van der Waals surface area (Å²) in [4.78, 5) is 11.3. The van der Waals surface area contributed by atoms with Crippen LogP contribution in [0.3, 0.4) is 0 Å². The van der Waals surface area contributed by atoms with Gasteiger partial charge in [-0.3, -0.25) is 4.79 Å². The quantitative estimate of drug-likeness (QED) is 0.637. The first-order valence-electron chi connectivity index (χ1n) is 8.00. The minimum atomic E-state index is -0.492. The zero-order chi connectivity index (χ0) is 17.4. The van der Waals surface area contributed by atoms with E-state index in [-0.39, 0.29) is 0 Å². The Morgan fingerprint density at radius 2 is 1.58 bits per heavy atom. The maximum absolute atomic E-state index is 11.3.